The van der Waals surface area contributed by atoms with Crippen molar-refractivity contribution in [2.45, 2.75) is 18.8 Å². The van der Waals surface area contributed by atoms with E-state index >= 15 is 0 Å². The molecule has 1 saturated heterocycles. The molecule has 3 rings (SSSR count). The molecule has 18 heavy (non-hydrogen) atoms. The van der Waals surface area contributed by atoms with E-state index in [0.717, 1.165) is 16.7 Å². The lowest BCUT2D eigenvalue weighted by atomic mass is 10.1. The predicted molar refractivity (Wildman–Crippen MR) is 66.1 cm³/mol. The van der Waals surface area contributed by atoms with E-state index in [-0.39, 0.29) is 6.04 Å². The number of aromatic nitrogens is 1. The van der Waals surface area contributed by atoms with E-state index in [1.54, 1.807) is 0 Å². The quantitative estimate of drug-likeness (QED) is 0.875. The molecule has 0 spiro atoms. The lowest BCUT2D eigenvalue weighted by Crippen LogP contribution is -2.47. The summed E-state index contributed by atoms with van der Waals surface area (Å²) in [5, 5.41) is 3.14. The van der Waals surface area contributed by atoms with Crippen LogP contribution in [-0.4, -0.2) is 31.3 Å². The summed E-state index contributed by atoms with van der Waals surface area (Å²) in [6, 6.07) is 6.04. The highest BCUT2D eigenvalue weighted by Gasteiger charge is 2.34. The number of benzene rings is 1. The minimum absolute atomic E-state index is 0.243. The Labute approximate surface area is 105 Å². The molecule has 1 fully saturated rings. The zero-order valence-electron chi connectivity index (χ0n) is 10.5. The maximum absolute atomic E-state index is 5.83. The number of hydrogen-bond donors (Lipinski definition) is 1. The van der Waals surface area contributed by atoms with E-state index in [2.05, 4.69) is 10.3 Å². The molecule has 0 radical (unpaired) electrons. The van der Waals surface area contributed by atoms with Gasteiger partial charge in [-0.3, -0.25) is 0 Å². The van der Waals surface area contributed by atoms with E-state index in [1.807, 2.05) is 32.2 Å². The van der Waals surface area contributed by atoms with Gasteiger partial charge in [0.1, 0.15) is 5.52 Å². The Kier molecular flexibility index (Phi) is 2.81. The number of hydrogen-bond acceptors (Lipinski definition) is 5. The van der Waals surface area contributed by atoms with Crippen LogP contribution in [0.25, 0.3) is 11.1 Å². The molecule has 5 heteroatoms. The summed E-state index contributed by atoms with van der Waals surface area (Å²) >= 11 is 0. The Morgan fingerprint density at radius 1 is 1.33 bits per heavy atom. The van der Waals surface area contributed by atoms with Gasteiger partial charge >= 0.3 is 0 Å². The van der Waals surface area contributed by atoms with Gasteiger partial charge in [-0.05, 0) is 26.1 Å². The van der Waals surface area contributed by atoms with Crippen molar-refractivity contribution < 1.29 is 13.9 Å². The third-order valence-electron chi connectivity index (χ3n) is 3.38. The van der Waals surface area contributed by atoms with E-state index in [9.17, 15) is 0 Å². The van der Waals surface area contributed by atoms with E-state index < -0.39 is 5.79 Å². The maximum atomic E-state index is 5.83. The molecule has 0 bridgehead atoms. The van der Waals surface area contributed by atoms with Crippen LogP contribution in [0.3, 0.4) is 0 Å². The first kappa shape index (κ1) is 11.6. The standard InChI is InChI=1S/C13H16N2O3/c1-13(17-6-10(14-2)7-18-13)9-3-4-11-12(5-9)16-8-15-11/h3-5,8,10,14H,6-7H2,1-2H3. The fraction of sp³-hybridized carbons (Fsp3) is 0.462. The number of rotatable bonds is 2. The van der Waals surface area contributed by atoms with Gasteiger partial charge in [-0.15, -0.1) is 0 Å². The molecule has 1 N–H and O–H groups in total. The van der Waals surface area contributed by atoms with E-state index in [4.69, 9.17) is 13.9 Å². The number of nitrogens with zero attached hydrogens (tertiary/aromatic N) is 1. The fourth-order valence-electron chi connectivity index (χ4n) is 2.08. The summed E-state index contributed by atoms with van der Waals surface area (Å²) < 4.78 is 17.0. The lowest BCUT2D eigenvalue weighted by Gasteiger charge is -2.37. The summed E-state index contributed by atoms with van der Waals surface area (Å²) in [5.41, 5.74) is 2.53. The van der Waals surface area contributed by atoms with Crippen LogP contribution in [0.5, 0.6) is 0 Å². The van der Waals surface area contributed by atoms with Crippen molar-refractivity contribution in [2.75, 3.05) is 20.3 Å². The van der Waals surface area contributed by atoms with Gasteiger partial charge in [-0.2, -0.15) is 0 Å². The van der Waals surface area contributed by atoms with Gasteiger partial charge in [0.2, 0.25) is 0 Å². The number of oxazole rings is 1. The molecule has 2 heterocycles. The predicted octanol–water partition coefficient (Wildman–Crippen LogP) is 1.64. The minimum atomic E-state index is -0.714. The number of nitrogens with one attached hydrogen (secondary N) is 1. The third kappa shape index (κ3) is 1.90. The highest BCUT2D eigenvalue weighted by molar-refractivity contribution is 5.73. The highest BCUT2D eigenvalue weighted by atomic mass is 16.7. The van der Waals surface area contributed by atoms with E-state index in [0.29, 0.717) is 13.2 Å². The van der Waals surface area contributed by atoms with Crippen LogP contribution >= 0.6 is 0 Å². The Bertz CT molecular complexity index is 544. The number of likely N-dealkylation sites (N-methyl/N-ethyl adjacent to an activating group) is 1. The van der Waals surface area contributed by atoms with Gasteiger partial charge in [0.05, 0.1) is 19.3 Å². The van der Waals surface area contributed by atoms with Crippen LogP contribution in [0.15, 0.2) is 29.0 Å². The first-order valence-electron chi connectivity index (χ1n) is 6.00. The zero-order valence-corrected chi connectivity index (χ0v) is 10.5. The Balaban J connectivity index is 1.88. The van der Waals surface area contributed by atoms with Crippen LogP contribution < -0.4 is 5.32 Å². The molecule has 0 saturated carbocycles. The molecule has 96 valence electrons. The van der Waals surface area contributed by atoms with Crippen molar-refractivity contribution in [3.63, 3.8) is 0 Å². The summed E-state index contributed by atoms with van der Waals surface area (Å²) in [7, 11) is 1.90. The monoisotopic (exact) mass is 248 g/mol. The average molecular weight is 248 g/mol. The Morgan fingerprint density at radius 3 is 2.83 bits per heavy atom. The van der Waals surface area contributed by atoms with Crippen molar-refractivity contribution in [1.29, 1.82) is 0 Å². The molecule has 1 aromatic carbocycles. The maximum Gasteiger partial charge on any atom is 0.192 e. The van der Waals surface area contributed by atoms with Gasteiger partial charge in [0.25, 0.3) is 0 Å². The first-order valence-corrected chi connectivity index (χ1v) is 6.00. The Morgan fingerprint density at radius 2 is 2.11 bits per heavy atom. The van der Waals surface area contributed by atoms with Crippen molar-refractivity contribution in [3.8, 4) is 0 Å². The molecule has 0 atom stereocenters. The lowest BCUT2D eigenvalue weighted by molar-refractivity contribution is -0.272. The summed E-state index contributed by atoms with van der Waals surface area (Å²) in [6.07, 6.45) is 1.44. The average Bonchev–Trinajstić information content (AvgIpc) is 2.87. The van der Waals surface area contributed by atoms with Gasteiger partial charge in [-0.25, -0.2) is 4.98 Å². The molecular weight excluding hydrogens is 232 g/mol. The zero-order chi connectivity index (χ0) is 12.6. The molecular formula is C13H16N2O3. The highest BCUT2D eigenvalue weighted by Crippen LogP contribution is 2.31. The molecule has 0 aliphatic carbocycles. The van der Waals surface area contributed by atoms with Crippen LogP contribution in [-0.2, 0) is 15.3 Å². The van der Waals surface area contributed by atoms with Crippen molar-refractivity contribution in [2.24, 2.45) is 0 Å². The van der Waals surface area contributed by atoms with Gasteiger partial charge < -0.3 is 19.2 Å². The molecule has 2 aromatic rings. The number of fused-ring (bicyclic) bond motifs is 1. The molecule has 0 unspecified atom stereocenters. The van der Waals surface area contributed by atoms with Crippen LogP contribution in [0, 0.1) is 0 Å². The van der Waals surface area contributed by atoms with Gasteiger partial charge in [0, 0.05) is 5.56 Å². The second-order valence-electron chi connectivity index (χ2n) is 4.59. The molecule has 1 aliphatic heterocycles. The normalized spacial score (nSPS) is 28.7. The van der Waals surface area contributed by atoms with Crippen molar-refractivity contribution in [3.05, 3.63) is 30.2 Å². The van der Waals surface area contributed by atoms with Crippen molar-refractivity contribution in [1.82, 2.24) is 10.3 Å². The van der Waals surface area contributed by atoms with E-state index in [1.165, 1.54) is 6.39 Å². The number of ether oxygens (including phenoxy) is 2. The second kappa shape index (κ2) is 4.35. The topological polar surface area (TPSA) is 56.5 Å². The van der Waals surface area contributed by atoms with Crippen LogP contribution in [0.2, 0.25) is 0 Å². The Hall–Kier alpha value is -1.43. The smallest absolute Gasteiger partial charge is 0.192 e. The summed E-state index contributed by atoms with van der Waals surface area (Å²) in [5.74, 6) is -0.714. The molecule has 5 nitrogen and oxygen atoms in total. The molecule has 1 aromatic heterocycles. The SMILES string of the molecule is CNC1COC(C)(c2ccc3ncoc3c2)OC1. The van der Waals surface area contributed by atoms with Gasteiger partial charge in [-0.1, -0.05) is 6.07 Å². The second-order valence-corrected chi connectivity index (χ2v) is 4.59. The largest absolute Gasteiger partial charge is 0.443 e. The summed E-state index contributed by atoms with van der Waals surface area (Å²) in [4.78, 5) is 4.09. The minimum Gasteiger partial charge on any atom is -0.443 e. The third-order valence-corrected chi connectivity index (χ3v) is 3.38. The van der Waals surface area contributed by atoms with Crippen molar-refractivity contribution >= 4 is 11.1 Å². The van der Waals surface area contributed by atoms with Gasteiger partial charge in [0.15, 0.2) is 17.8 Å². The van der Waals surface area contributed by atoms with Crippen LogP contribution in [0.4, 0.5) is 0 Å². The molecule has 0 amide bonds. The van der Waals surface area contributed by atoms with Crippen LogP contribution in [0.1, 0.15) is 12.5 Å². The first-order chi connectivity index (χ1) is 8.71. The molecule has 1 aliphatic rings. The fourth-order valence-corrected chi connectivity index (χ4v) is 2.08. The summed E-state index contributed by atoms with van der Waals surface area (Å²) in [6.45, 7) is 3.18.